The molecule has 2 aromatic heterocycles. The highest BCUT2D eigenvalue weighted by Crippen LogP contribution is 2.17. The van der Waals surface area contributed by atoms with E-state index >= 15 is 0 Å². The first-order valence-electron chi connectivity index (χ1n) is 6.08. The van der Waals surface area contributed by atoms with Crippen LogP contribution < -0.4 is 4.74 Å². The average Bonchev–Trinajstić information content (AvgIpc) is 2.87. The Bertz CT molecular complexity index is 762. The first-order chi connectivity index (χ1) is 9.74. The van der Waals surface area contributed by atoms with Crippen molar-refractivity contribution < 1.29 is 4.74 Å². The zero-order chi connectivity index (χ0) is 13.9. The molecule has 0 atom stereocenters. The summed E-state index contributed by atoms with van der Waals surface area (Å²) in [7, 11) is 1.66. The SMILES string of the molecule is COc1ccc(/C=C/c2nc3ncc(Br)cc3[nH]2)cc1. The molecule has 0 radical (unpaired) electrons. The Morgan fingerprint density at radius 1 is 1.20 bits per heavy atom. The van der Waals surface area contributed by atoms with Crippen molar-refractivity contribution in [1.29, 1.82) is 0 Å². The molecular formula is C15H12BrN3O. The third kappa shape index (κ3) is 2.72. The maximum atomic E-state index is 5.13. The van der Waals surface area contributed by atoms with Crippen LogP contribution in [0.15, 0.2) is 41.0 Å². The Morgan fingerprint density at radius 2 is 2.00 bits per heavy atom. The van der Waals surface area contributed by atoms with Crippen LogP contribution in [0.3, 0.4) is 0 Å². The lowest BCUT2D eigenvalue weighted by Crippen LogP contribution is -1.81. The molecule has 3 rings (SSSR count). The largest absolute Gasteiger partial charge is 0.497 e. The van der Waals surface area contributed by atoms with Gasteiger partial charge in [0.05, 0.1) is 12.6 Å². The van der Waals surface area contributed by atoms with Crippen molar-refractivity contribution >= 4 is 39.2 Å². The normalized spacial score (nSPS) is 11.3. The van der Waals surface area contributed by atoms with Crippen LogP contribution in [0.4, 0.5) is 0 Å². The number of nitrogens with one attached hydrogen (secondary N) is 1. The lowest BCUT2D eigenvalue weighted by molar-refractivity contribution is 0.415. The third-order valence-corrected chi connectivity index (χ3v) is 3.31. The van der Waals surface area contributed by atoms with Gasteiger partial charge in [0, 0.05) is 10.7 Å². The average molecular weight is 330 g/mol. The van der Waals surface area contributed by atoms with Gasteiger partial charge in [0.2, 0.25) is 0 Å². The van der Waals surface area contributed by atoms with Crippen molar-refractivity contribution in [2.75, 3.05) is 7.11 Å². The monoisotopic (exact) mass is 329 g/mol. The Morgan fingerprint density at radius 3 is 2.75 bits per heavy atom. The number of ether oxygens (including phenoxy) is 1. The number of hydrogen-bond acceptors (Lipinski definition) is 3. The summed E-state index contributed by atoms with van der Waals surface area (Å²) in [5.74, 6) is 1.63. The van der Waals surface area contributed by atoms with Crippen LogP contribution in [0.25, 0.3) is 23.3 Å². The molecule has 4 nitrogen and oxygen atoms in total. The standard InChI is InChI=1S/C15H12BrN3O/c1-20-12-5-2-10(3-6-12)4-7-14-18-13-8-11(16)9-17-15(13)19-14/h2-9H,1H3,(H,17,18,19)/b7-4+. The molecule has 0 fully saturated rings. The number of imidazole rings is 1. The molecule has 1 N–H and O–H groups in total. The van der Waals surface area contributed by atoms with Crippen LogP contribution >= 0.6 is 15.9 Å². The second kappa shape index (κ2) is 5.46. The second-order valence-electron chi connectivity index (χ2n) is 4.25. The van der Waals surface area contributed by atoms with Gasteiger partial charge >= 0.3 is 0 Å². The maximum Gasteiger partial charge on any atom is 0.178 e. The first-order valence-corrected chi connectivity index (χ1v) is 6.87. The van der Waals surface area contributed by atoms with Gasteiger partial charge in [-0.1, -0.05) is 18.2 Å². The van der Waals surface area contributed by atoms with Crippen molar-refractivity contribution in [1.82, 2.24) is 15.0 Å². The number of fused-ring (bicyclic) bond motifs is 1. The van der Waals surface area contributed by atoms with Crippen LogP contribution in [-0.4, -0.2) is 22.1 Å². The minimum Gasteiger partial charge on any atom is -0.497 e. The fourth-order valence-electron chi connectivity index (χ4n) is 1.86. The lowest BCUT2D eigenvalue weighted by Gasteiger charge is -1.98. The molecule has 3 aromatic rings. The summed E-state index contributed by atoms with van der Waals surface area (Å²) in [4.78, 5) is 11.9. The first kappa shape index (κ1) is 12.9. The van der Waals surface area contributed by atoms with E-state index < -0.39 is 0 Å². The maximum absolute atomic E-state index is 5.13. The zero-order valence-corrected chi connectivity index (χ0v) is 12.4. The molecule has 0 bridgehead atoms. The molecule has 0 spiro atoms. The lowest BCUT2D eigenvalue weighted by atomic mass is 10.2. The fraction of sp³-hybridized carbons (Fsp3) is 0.0667. The van der Waals surface area contributed by atoms with Crippen LogP contribution in [0.1, 0.15) is 11.4 Å². The predicted molar refractivity (Wildman–Crippen MR) is 83.5 cm³/mol. The van der Waals surface area contributed by atoms with Gasteiger partial charge in [0.1, 0.15) is 11.6 Å². The van der Waals surface area contributed by atoms with E-state index in [4.69, 9.17) is 4.74 Å². The summed E-state index contributed by atoms with van der Waals surface area (Å²) in [6.07, 6.45) is 5.66. The molecule has 0 aliphatic rings. The molecule has 0 saturated carbocycles. The number of aromatic amines is 1. The van der Waals surface area contributed by atoms with Crippen LogP contribution in [0.5, 0.6) is 5.75 Å². The number of pyridine rings is 1. The molecule has 0 amide bonds. The molecule has 2 heterocycles. The van der Waals surface area contributed by atoms with Gasteiger partial charge in [-0.3, -0.25) is 0 Å². The molecular weight excluding hydrogens is 318 g/mol. The summed E-state index contributed by atoms with van der Waals surface area (Å²) < 4.78 is 6.06. The highest BCUT2D eigenvalue weighted by molar-refractivity contribution is 9.10. The highest BCUT2D eigenvalue weighted by atomic mass is 79.9. The van der Waals surface area contributed by atoms with Gasteiger partial charge in [0.15, 0.2) is 5.65 Å². The molecule has 5 heteroatoms. The van der Waals surface area contributed by atoms with Gasteiger partial charge in [0.25, 0.3) is 0 Å². The quantitative estimate of drug-likeness (QED) is 0.792. The van der Waals surface area contributed by atoms with Crippen molar-refractivity contribution in [2.45, 2.75) is 0 Å². The number of H-pyrrole nitrogens is 1. The van der Waals surface area contributed by atoms with Gasteiger partial charge in [-0.2, -0.15) is 0 Å². The van der Waals surface area contributed by atoms with Crippen molar-refractivity contribution in [2.24, 2.45) is 0 Å². The summed E-state index contributed by atoms with van der Waals surface area (Å²) in [6.45, 7) is 0. The molecule has 20 heavy (non-hydrogen) atoms. The number of benzene rings is 1. The summed E-state index contributed by atoms with van der Waals surface area (Å²) >= 11 is 3.39. The predicted octanol–water partition coefficient (Wildman–Crippen LogP) is 3.90. The zero-order valence-electron chi connectivity index (χ0n) is 10.8. The molecule has 1 aromatic carbocycles. The minimum absolute atomic E-state index is 0.711. The van der Waals surface area contributed by atoms with E-state index in [1.54, 1.807) is 13.3 Å². The van der Waals surface area contributed by atoms with E-state index in [0.29, 0.717) is 5.65 Å². The Balaban J connectivity index is 1.85. The van der Waals surface area contributed by atoms with Crippen molar-refractivity contribution in [3.63, 3.8) is 0 Å². The molecule has 0 aliphatic carbocycles. The van der Waals surface area contributed by atoms with Gasteiger partial charge in [-0.15, -0.1) is 0 Å². The molecule has 0 aliphatic heterocycles. The van der Waals surface area contributed by atoms with Crippen LogP contribution in [-0.2, 0) is 0 Å². The van der Waals surface area contributed by atoms with Gasteiger partial charge < -0.3 is 9.72 Å². The number of aromatic nitrogens is 3. The minimum atomic E-state index is 0.711. The molecule has 0 unspecified atom stereocenters. The van der Waals surface area contributed by atoms with Crippen LogP contribution in [0.2, 0.25) is 0 Å². The Kier molecular flexibility index (Phi) is 3.52. The molecule has 0 saturated heterocycles. The topological polar surface area (TPSA) is 50.8 Å². The highest BCUT2D eigenvalue weighted by Gasteiger charge is 2.01. The molecule has 100 valence electrons. The second-order valence-corrected chi connectivity index (χ2v) is 5.17. The van der Waals surface area contributed by atoms with Gasteiger partial charge in [-0.05, 0) is 45.8 Å². The summed E-state index contributed by atoms with van der Waals surface area (Å²) in [5, 5.41) is 0. The van der Waals surface area contributed by atoms with E-state index in [-0.39, 0.29) is 0 Å². The smallest absolute Gasteiger partial charge is 0.178 e. The van der Waals surface area contributed by atoms with Gasteiger partial charge in [-0.25, -0.2) is 9.97 Å². The number of rotatable bonds is 3. The van der Waals surface area contributed by atoms with E-state index in [9.17, 15) is 0 Å². The number of methoxy groups -OCH3 is 1. The summed E-state index contributed by atoms with van der Waals surface area (Å²) in [5.41, 5.74) is 2.71. The van der Waals surface area contributed by atoms with E-state index in [0.717, 1.165) is 27.1 Å². The number of halogens is 1. The third-order valence-electron chi connectivity index (χ3n) is 2.87. The van der Waals surface area contributed by atoms with E-state index in [1.807, 2.05) is 42.5 Å². The van der Waals surface area contributed by atoms with E-state index in [1.165, 1.54) is 0 Å². The number of nitrogens with zero attached hydrogens (tertiary/aromatic N) is 2. The number of hydrogen-bond donors (Lipinski definition) is 1. The summed E-state index contributed by atoms with van der Waals surface area (Å²) in [6, 6.07) is 9.80. The fourth-order valence-corrected chi connectivity index (χ4v) is 2.19. The van der Waals surface area contributed by atoms with E-state index in [2.05, 4.69) is 30.9 Å². The Labute approximate surface area is 124 Å². The Hall–Kier alpha value is -2.14. The van der Waals surface area contributed by atoms with Crippen molar-refractivity contribution in [3.8, 4) is 5.75 Å². The van der Waals surface area contributed by atoms with Crippen molar-refractivity contribution in [3.05, 3.63) is 52.4 Å². The van der Waals surface area contributed by atoms with Crippen LogP contribution in [0, 0.1) is 0 Å².